The van der Waals surface area contributed by atoms with Gasteiger partial charge in [-0.15, -0.1) is 0 Å². The van der Waals surface area contributed by atoms with Crippen LogP contribution in [0.2, 0.25) is 0 Å². The molecule has 1 atom stereocenters. The molecule has 0 radical (unpaired) electrons. The molecule has 1 aromatic heterocycles. The van der Waals surface area contributed by atoms with E-state index in [-0.39, 0.29) is 22.8 Å². The molecule has 4 N–H and O–H groups in total. The van der Waals surface area contributed by atoms with Crippen LogP contribution in [0.3, 0.4) is 0 Å². The molecular formula is C27H39N7O3. The highest BCUT2D eigenvalue weighted by Crippen LogP contribution is 2.26. The number of aromatic amines is 1. The van der Waals surface area contributed by atoms with Crippen molar-refractivity contribution in [1.29, 1.82) is 0 Å². The molecular weight excluding hydrogens is 470 g/mol. The van der Waals surface area contributed by atoms with Gasteiger partial charge in [0, 0.05) is 52.2 Å². The third-order valence-electron chi connectivity index (χ3n) is 7.46. The summed E-state index contributed by atoms with van der Waals surface area (Å²) in [4.78, 5) is 31.3. The van der Waals surface area contributed by atoms with Gasteiger partial charge in [-0.1, -0.05) is 25.6 Å². The number of nitrogens with one attached hydrogen (secondary N) is 1. The van der Waals surface area contributed by atoms with E-state index in [0.717, 1.165) is 58.5 Å². The van der Waals surface area contributed by atoms with Crippen LogP contribution in [-0.4, -0.2) is 82.6 Å². The van der Waals surface area contributed by atoms with Gasteiger partial charge in [-0.2, -0.15) is 0 Å². The van der Waals surface area contributed by atoms with Crippen LogP contribution in [0, 0.1) is 0 Å². The van der Waals surface area contributed by atoms with E-state index in [1.807, 2.05) is 17.0 Å². The predicted octanol–water partition coefficient (Wildman–Crippen LogP) is 2.66. The number of H-pyrrole nitrogens is 1. The number of rotatable bonds is 7. The summed E-state index contributed by atoms with van der Waals surface area (Å²) < 4.78 is 5.50. The summed E-state index contributed by atoms with van der Waals surface area (Å²) in [5.41, 5.74) is 7.39. The number of phenols is 1. The van der Waals surface area contributed by atoms with Gasteiger partial charge in [-0.25, -0.2) is 4.98 Å². The molecule has 10 nitrogen and oxygen atoms in total. The largest absolute Gasteiger partial charge is 0.508 e. The first kappa shape index (κ1) is 26.7. The third kappa shape index (κ3) is 6.31. The molecule has 2 aromatic rings. The Kier molecular flexibility index (Phi) is 8.50. The lowest BCUT2D eigenvalue weighted by molar-refractivity contribution is 0.0610. The highest BCUT2D eigenvalue weighted by molar-refractivity contribution is 5.81. The molecule has 2 fully saturated rings. The molecule has 200 valence electrons. The summed E-state index contributed by atoms with van der Waals surface area (Å²) in [5.74, 6) is 1.46. The zero-order valence-electron chi connectivity index (χ0n) is 22.1. The zero-order valence-corrected chi connectivity index (χ0v) is 22.1. The van der Waals surface area contributed by atoms with Gasteiger partial charge in [-0.05, 0) is 50.0 Å². The van der Waals surface area contributed by atoms with Gasteiger partial charge in [0.15, 0.2) is 17.5 Å². The van der Waals surface area contributed by atoms with Crippen LogP contribution >= 0.6 is 0 Å². The molecule has 4 rings (SSSR count). The second kappa shape index (κ2) is 11.8. The van der Waals surface area contributed by atoms with Gasteiger partial charge in [0.05, 0.1) is 0 Å². The molecule has 0 bridgehead atoms. The van der Waals surface area contributed by atoms with Crippen LogP contribution in [-0.2, 0) is 11.3 Å². The first-order valence-corrected chi connectivity index (χ1v) is 13.0. The quantitative estimate of drug-likeness (QED) is 0.296. The minimum atomic E-state index is -0.300. The van der Waals surface area contributed by atoms with Gasteiger partial charge >= 0.3 is 0 Å². The number of hydrogen-bond acceptors (Lipinski definition) is 9. The SMILES string of the molecule is C=C(OC(C)=NC)c1[nH]c(=O)c(N2CCN(C3CCN(Cc4ccc(O)cc4)CC3)C(CC)C2)nc1N. The maximum Gasteiger partial charge on any atom is 0.291 e. The van der Waals surface area contributed by atoms with Crippen molar-refractivity contribution in [2.75, 3.05) is 50.4 Å². The Bertz CT molecular complexity index is 1170. The predicted molar refractivity (Wildman–Crippen MR) is 148 cm³/mol. The maximum atomic E-state index is 13.0. The standard InChI is InChI=1S/C27H39N7O3/c1-5-21-17-33(26-27(36)30-24(25(28)31-26)18(2)37-19(3)29-4)14-15-34(21)22-10-12-32(13-11-22)16-20-6-8-23(35)9-7-20/h6-9,21-22,35H,2,5,10-17H2,1,3-4H3,(H2,28,31)(H,30,36). The van der Waals surface area contributed by atoms with E-state index >= 15 is 0 Å². The van der Waals surface area contributed by atoms with Crippen molar-refractivity contribution in [3.05, 3.63) is 52.5 Å². The number of piperazine rings is 1. The lowest BCUT2D eigenvalue weighted by atomic mass is 9.98. The van der Waals surface area contributed by atoms with Gasteiger partial charge in [0.1, 0.15) is 17.2 Å². The van der Waals surface area contributed by atoms with Crippen molar-refractivity contribution in [3.8, 4) is 5.75 Å². The van der Waals surface area contributed by atoms with Crippen molar-refractivity contribution in [2.45, 2.75) is 51.7 Å². The second-order valence-electron chi connectivity index (χ2n) is 9.84. The highest BCUT2D eigenvalue weighted by Gasteiger charge is 2.34. The number of aromatic hydroxyl groups is 1. The number of anilines is 2. The van der Waals surface area contributed by atoms with Gasteiger partial charge in [-0.3, -0.25) is 19.6 Å². The van der Waals surface area contributed by atoms with Crippen LogP contribution in [0.25, 0.3) is 5.76 Å². The van der Waals surface area contributed by atoms with Crippen LogP contribution in [0.1, 0.15) is 44.4 Å². The fourth-order valence-electron chi connectivity index (χ4n) is 5.33. The van der Waals surface area contributed by atoms with E-state index < -0.39 is 0 Å². The highest BCUT2D eigenvalue weighted by atomic mass is 16.5. The van der Waals surface area contributed by atoms with Gasteiger partial charge in [0.2, 0.25) is 0 Å². The third-order valence-corrected chi connectivity index (χ3v) is 7.46. The molecule has 0 spiro atoms. The van der Waals surface area contributed by atoms with E-state index in [2.05, 4.69) is 38.3 Å². The van der Waals surface area contributed by atoms with Crippen molar-refractivity contribution in [2.24, 2.45) is 4.99 Å². The van der Waals surface area contributed by atoms with Gasteiger partial charge < -0.3 is 25.5 Å². The van der Waals surface area contributed by atoms with Crippen LogP contribution < -0.4 is 16.2 Å². The zero-order chi connectivity index (χ0) is 26.5. The minimum absolute atomic E-state index is 0.181. The van der Waals surface area contributed by atoms with Crippen LogP contribution in [0.15, 0.2) is 40.6 Å². The Morgan fingerprint density at radius 1 is 1.24 bits per heavy atom. The van der Waals surface area contributed by atoms with E-state index in [1.165, 1.54) is 5.56 Å². The smallest absolute Gasteiger partial charge is 0.291 e. The number of benzene rings is 1. The van der Waals surface area contributed by atoms with Crippen molar-refractivity contribution in [1.82, 2.24) is 19.8 Å². The molecule has 0 aliphatic carbocycles. The Hall–Kier alpha value is -3.37. The monoisotopic (exact) mass is 509 g/mol. The number of piperidine rings is 1. The number of likely N-dealkylation sites (tertiary alicyclic amines) is 1. The number of aromatic nitrogens is 2. The maximum absolute atomic E-state index is 13.0. The number of nitrogen functional groups attached to an aromatic ring is 1. The van der Waals surface area contributed by atoms with E-state index in [0.29, 0.717) is 29.5 Å². The average molecular weight is 510 g/mol. The van der Waals surface area contributed by atoms with E-state index in [1.54, 1.807) is 26.1 Å². The second-order valence-corrected chi connectivity index (χ2v) is 9.84. The summed E-state index contributed by atoms with van der Waals surface area (Å²) in [6.07, 6.45) is 3.24. The molecule has 2 aliphatic heterocycles. The molecule has 0 amide bonds. The molecule has 1 unspecified atom stereocenters. The average Bonchev–Trinajstić information content (AvgIpc) is 2.91. The summed E-state index contributed by atoms with van der Waals surface area (Å²) in [7, 11) is 1.61. The Morgan fingerprint density at radius 3 is 2.59 bits per heavy atom. The van der Waals surface area contributed by atoms with Crippen LogP contribution in [0.4, 0.5) is 11.6 Å². The number of phenolic OH excluding ortho intramolecular Hbond substituents is 1. The number of aliphatic imine (C=N–C) groups is 1. The summed E-state index contributed by atoms with van der Waals surface area (Å²) in [6, 6.07) is 8.36. The normalized spacial score (nSPS) is 20.2. The molecule has 1 aromatic carbocycles. The lowest BCUT2D eigenvalue weighted by Crippen LogP contribution is -2.59. The minimum Gasteiger partial charge on any atom is -0.508 e. The Balaban J connectivity index is 1.37. The molecule has 37 heavy (non-hydrogen) atoms. The summed E-state index contributed by atoms with van der Waals surface area (Å²) in [6.45, 7) is 13.1. The molecule has 2 saturated heterocycles. The Labute approximate surface area is 218 Å². The molecule has 10 heteroatoms. The first-order valence-electron chi connectivity index (χ1n) is 13.0. The van der Waals surface area contributed by atoms with Gasteiger partial charge in [0.25, 0.3) is 5.56 Å². The fraction of sp³-hybridized carbons (Fsp3) is 0.519. The summed E-state index contributed by atoms with van der Waals surface area (Å²) in [5, 5.41) is 9.52. The van der Waals surface area contributed by atoms with E-state index in [4.69, 9.17) is 10.5 Å². The van der Waals surface area contributed by atoms with E-state index in [9.17, 15) is 9.90 Å². The number of ether oxygens (including phenoxy) is 1. The van der Waals surface area contributed by atoms with Crippen molar-refractivity contribution < 1.29 is 9.84 Å². The summed E-state index contributed by atoms with van der Waals surface area (Å²) >= 11 is 0. The van der Waals surface area contributed by atoms with Crippen LogP contribution in [0.5, 0.6) is 5.75 Å². The fourth-order valence-corrected chi connectivity index (χ4v) is 5.33. The molecule has 0 saturated carbocycles. The number of hydrogen-bond donors (Lipinski definition) is 3. The topological polar surface area (TPSA) is 123 Å². The Morgan fingerprint density at radius 2 is 1.95 bits per heavy atom. The van der Waals surface area contributed by atoms with Crippen molar-refractivity contribution in [3.63, 3.8) is 0 Å². The number of nitrogens with two attached hydrogens (primary N) is 1. The first-order chi connectivity index (χ1) is 17.8. The number of nitrogens with zero attached hydrogens (tertiary/aromatic N) is 5. The van der Waals surface area contributed by atoms with Crippen molar-refractivity contribution >= 4 is 23.3 Å². The molecule has 3 heterocycles. The lowest BCUT2D eigenvalue weighted by Gasteiger charge is -2.47. The molecule has 2 aliphatic rings.